The highest BCUT2D eigenvalue weighted by atomic mass is 35.5. The van der Waals surface area contributed by atoms with E-state index in [4.69, 9.17) is 27.9 Å². The minimum atomic E-state index is -3.90. The molecule has 0 spiro atoms. The summed E-state index contributed by atoms with van der Waals surface area (Å²) in [5.41, 5.74) is 2.67. The van der Waals surface area contributed by atoms with Gasteiger partial charge in [0.25, 0.3) is 5.91 Å². The number of nitrogens with one attached hydrogen (secondary N) is 1. The zero-order valence-corrected chi connectivity index (χ0v) is 20.9. The summed E-state index contributed by atoms with van der Waals surface area (Å²) in [7, 11) is -3.90. The predicted octanol–water partition coefficient (Wildman–Crippen LogP) is 5.17. The molecule has 1 fully saturated rings. The maximum Gasteiger partial charge on any atom is 0.255 e. The maximum absolute atomic E-state index is 13.3. The number of amides is 1. The molecule has 2 unspecified atom stereocenters. The first-order valence-corrected chi connectivity index (χ1v) is 12.8. The quantitative estimate of drug-likeness (QED) is 0.595. The van der Waals surface area contributed by atoms with Gasteiger partial charge >= 0.3 is 0 Å². The molecule has 0 bridgehead atoms. The Labute approximate surface area is 199 Å². The molecule has 1 heterocycles. The highest BCUT2D eigenvalue weighted by Crippen LogP contribution is 2.31. The summed E-state index contributed by atoms with van der Waals surface area (Å²) in [5, 5.41) is 3.58. The second kappa shape index (κ2) is 10.1. The third kappa shape index (κ3) is 5.13. The smallest absolute Gasteiger partial charge is 0.255 e. The van der Waals surface area contributed by atoms with Gasteiger partial charge in [0, 0.05) is 29.4 Å². The van der Waals surface area contributed by atoms with Crippen molar-refractivity contribution in [3.63, 3.8) is 0 Å². The molecule has 1 aliphatic rings. The van der Waals surface area contributed by atoms with Gasteiger partial charge in [-0.25, -0.2) is 8.42 Å². The Kier molecular flexibility index (Phi) is 7.89. The van der Waals surface area contributed by atoms with E-state index in [0.29, 0.717) is 23.6 Å². The predicted molar refractivity (Wildman–Crippen MR) is 128 cm³/mol. The van der Waals surface area contributed by atoms with E-state index >= 15 is 0 Å². The average molecular weight is 499 g/mol. The normalized spacial score (nSPS) is 19.7. The molecule has 0 radical (unpaired) electrons. The van der Waals surface area contributed by atoms with Crippen LogP contribution in [0.1, 0.15) is 49.2 Å². The molecule has 2 atom stereocenters. The highest BCUT2D eigenvalue weighted by molar-refractivity contribution is 7.89. The van der Waals surface area contributed by atoms with Crippen molar-refractivity contribution in [1.29, 1.82) is 0 Å². The second-order valence-corrected chi connectivity index (χ2v) is 10.7. The lowest BCUT2D eigenvalue weighted by Gasteiger charge is -2.34. The van der Waals surface area contributed by atoms with E-state index in [9.17, 15) is 13.2 Å². The van der Waals surface area contributed by atoms with Crippen molar-refractivity contribution >= 4 is 44.8 Å². The number of ether oxygens (including phenoxy) is 1. The van der Waals surface area contributed by atoms with Crippen molar-refractivity contribution < 1.29 is 17.9 Å². The van der Waals surface area contributed by atoms with Gasteiger partial charge in [0.05, 0.1) is 17.2 Å². The van der Waals surface area contributed by atoms with Crippen molar-refractivity contribution in [2.45, 2.75) is 57.6 Å². The zero-order chi connectivity index (χ0) is 23.6. The van der Waals surface area contributed by atoms with Gasteiger partial charge in [-0.2, -0.15) is 4.31 Å². The molecule has 6 nitrogen and oxygen atoms in total. The molecule has 0 saturated carbocycles. The van der Waals surface area contributed by atoms with Crippen LogP contribution in [-0.4, -0.2) is 43.9 Å². The number of carbonyl (C=O) groups excluding carboxylic acids is 1. The molecule has 2 aromatic rings. The lowest BCUT2D eigenvalue weighted by molar-refractivity contribution is -0.0440. The second-order valence-electron chi connectivity index (χ2n) is 7.95. The minimum Gasteiger partial charge on any atom is -0.373 e. The summed E-state index contributed by atoms with van der Waals surface area (Å²) in [6.45, 7) is 8.06. The van der Waals surface area contributed by atoms with Gasteiger partial charge in [0.15, 0.2) is 0 Å². The summed E-state index contributed by atoms with van der Waals surface area (Å²) in [6, 6.07) is 8.00. The van der Waals surface area contributed by atoms with Crippen LogP contribution in [0.5, 0.6) is 0 Å². The van der Waals surface area contributed by atoms with Gasteiger partial charge < -0.3 is 10.1 Å². The number of morpholine rings is 1. The molecule has 3 rings (SSSR count). The summed E-state index contributed by atoms with van der Waals surface area (Å²) in [6.07, 6.45) is 0.895. The molecule has 9 heteroatoms. The van der Waals surface area contributed by atoms with Crippen LogP contribution in [0.3, 0.4) is 0 Å². The lowest BCUT2D eigenvalue weighted by Crippen LogP contribution is -2.48. The Morgan fingerprint density at radius 2 is 1.69 bits per heavy atom. The fraction of sp³-hybridized carbons (Fsp3) is 0.435. The Bertz CT molecular complexity index is 1110. The number of aryl methyl sites for hydroxylation is 1. The summed E-state index contributed by atoms with van der Waals surface area (Å²) in [5.74, 6) is -0.423. The van der Waals surface area contributed by atoms with E-state index < -0.39 is 15.9 Å². The number of hydrogen-bond acceptors (Lipinski definition) is 4. The van der Waals surface area contributed by atoms with E-state index in [2.05, 4.69) is 5.32 Å². The van der Waals surface area contributed by atoms with Crippen LogP contribution in [0.15, 0.2) is 35.2 Å². The van der Waals surface area contributed by atoms with E-state index in [1.807, 2.05) is 39.8 Å². The number of nitrogens with zero attached hydrogens (tertiary/aromatic N) is 1. The van der Waals surface area contributed by atoms with Crippen LogP contribution >= 0.6 is 23.2 Å². The van der Waals surface area contributed by atoms with Gasteiger partial charge in [0.2, 0.25) is 10.0 Å². The van der Waals surface area contributed by atoms with Crippen molar-refractivity contribution in [2.24, 2.45) is 0 Å². The van der Waals surface area contributed by atoms with Crippen LogP contribution in [0.4, 0.5) is 5.69 Å². The van der Waals surface area contributed by atoms with Gasteiger partial charge in [0.1, 0.15) is 4.90 Å². The van der Waals surface area contributed by atoms with Crippen LogP contribution < -0.4 is 5.32 Å². The summed E-state index contributed by atoms with van der Waals surface area (Å²) >= 11 is 12.6. The third-order valence-corrected chi connectivity index (χ3v) is 8.18. The summed E-state index contributed by atoms with van der Waals surface area (Å²) in [4.78, 5) is 13.0. The Morgan fingerprint density at radius 1 is 1.06 bits per heavy atom. The number of sulfonamides is 1. The van der Waals surface area contributed by atoms with Crippen molar-refractivity contribution in [3.8, 4) is 0 Å². The monoisotopic (exact) mass is 498 g/mol. The fourth-order valence-corrected chi connectivity index (χ4v) is 6.34. The van der Waals surface area contributed by atoms with Crippen LogP contribution in [0.25, 0.3) is 0 Å². The third-order valence-electron chi connectivity index (χ3n) is 5.51. The Morgan fingerprint density at radius 3 is 2.28 bits per heavy atom. The van der Waals surface area contributed by atoms with Gasteiger partial charge in [-0.15, -0.1) is 0 Å². The van der Waals surface area contributed by atoms with E-state index in [1.165, 1.54) is 22.5 Å². The lowest BCUT2D eigenvalue weighted by atomic mass is 10.0. The molecule has 32 heavy (non-hydrogen) atoms. The first-order valence-electron chi connectivity index (χ1n) is 10.6. The first kappa shape index (κ1) is 25.0. The van der Waals surface area contributed by atoms with Gasteiger partial charge in [-0.3, -0.25) is 4.79 Å². The molecule has 1 aliphatic heterocycles. The summed E-state index contributed by atoms with van der Waals surface area (Å²) < 4.78 is 33.6. The molecule has 1 N–H and O–H groups in total. The molecule has 1 saturated heterocycles. The molecule has 174 valence electrons. The largest absolute Gasteiger partial charge is 0.373 e. The number of halogens is 2. The molecular formula is C23H28Cl2N2O4S. The Hall–Kier alpha value is -1.64. The maximum atomic E-state index is 13.3. The SMILES string of the molecule is CCc1ccc(Cl)c(CC)c1NC(=O)c1ccc(Cl)c(S(=O)(=O)N2CC(C)OC(C)C2)c1. The fourth-order valence-electron chi connectivity index (χ4n) is 3.96. The number of hydrogen-bond donors (Lipinski definition) is 1. The molecular weight excluding hydrogens is 471 g/mol. The number of benzene rings is 2. The zero-order valence-electron chi connectivity index (χ0n) is 18.6. The highest BCUT2D eigenvalue weighted by Gasteiger charge is 2.34. The van der Waals surface area contributed by atoms with Crippen LogP contribution in [-0.2, 0) is 27.6 Å². The van der Waals surface area contributed by atoms with E-state index in [0.717, 1.165) is 11.1 Å². The van der Waals surface area contributed by atoms with E-state index in [-0.39, 0.29) is 40.8 Å². The standard InChI is InChI=1S/C23H28Cl2N2O4S/c1-5-16-7-9-19(24)18(6-2)22(16)26-23(28)17-8-10-20(25)21(11-17)32(29,30)27-12-14(3)31-15(4)13-27/h7-11,14-15H,5-6,12-13H2,1-4H3,(H,26,28). The number of rotatable bonds is 6. The van der Waals surface area contributed by atoms with Crippen molar-refractivity contribution in [3.05, 3.63) is 57.1 Å². The molecule has 1 amide bonds. The van der Waals surface area contributed by atoms with Crippen molar-refractivity contribution in [1.82, 2.24) is 4.31 Å². The van der Waals surface area contributed by atoms with Gasteiger partial charge in [-0.05, 0) is 62.1 Å². The number of anilines is 1. The van der Waals surface area contributed by atoms with Crippen LogP contribution in [0, 0.1) is 0 Å². The van der Waals surface area contributed by atoms with Gasteiger partial charge in [-0.1, -0.05) is 43.1 Å². The van der Waals surface area contributed by atoms with Crippen molar-refractivity contribution in [2.75, 3.05) is 18.4 Å². The number of carbonyl (C=O) groups is 1. The van der Waals surface area contributed by atoms with E-state index in [1.54, 1.807) is 0 Å². The van der Waals surface area contributed by atoms with Crippen LogP contribution in [0.2, 0.25) is 10.0 Å². The minimum absolute atomic E-state index is 0.0691. The average Bonchev–Trinajstić information content (AvgIpc) is 2.73. The Balaban J connectivity index is 1.96. The topological polar surface area (TPSA) is 75.7 Å². The molecule has 0 aromatic heterocycles. The molecule has 0 aliphatic carbocycles. The first-order chi connectivity index (χ1) is 15.1. The molecule has 2 aromatic carbocycles.